The fourth-order valence-electron chi connectivity index (χ4n) is 5.45. The van der Waals surface area contributed by atoms with Gasteiger partial charge in [0.25, 0.3) is 5.91 Å². The highest BCUT2D eigenvalue weighted by Crippen LogP contribution is 2.33. The van der Waals surface area contributed by atoms with E-state index in [9.17, 15) is 22.8 Å². The van der Waals surface area contributed by atoms with E-state index in [1.807, 2.05) is 41.8 Å². The van der Waals surface area contributed by atoms with E-state index in [0.29, 0.717) is 29.7 Å². The minimum atomic E-state index is -3.68. The van der Waals surface area contributed by atoms with E-state index in [1.165, 1.54) is 34.6 Å². The van der Waals surface area contributed by atoms with Crippen molar-refractivity contribution in [2.24, 2.45) is 0 Å². The number of rotatable bonds is 11. The van der Waals surface area contributed by atoms with Crippen molar-refractivity contribution in [1.29, 1.82) is 0 Å². The molecule has 242 valence electrons. The van der Waals surface area contributed by atoms with Crippen molar-refractivity contribution in [1.82, 2.24) is 8.87 Å². The first kappa shape index (κ1) is 33.1. The number of aromatic nitrogens is 1. The molecule has 47 heavy (non-hydrogen) atoms. The second-order valence-electron chi connectivity index (χ2n) is 10.5. The minimum Gasteiger partial charge on any atom is -0.462 e. The number of amides is 1. The van der Waals surface area contributed by atoms with Crippen molar-refractivity contribution in [3.05, 3.63) is 119 Å². The van der Waals surface area contributed by atoms with Crippen molar-refractivity contribution in [3.63, 3.8) is 0 Å². The van der Waals surface area contributed by atoms with E-state index in [2.05, 4.69) is 5.32 Å². The monoisotopic (exact) mass is 653 g/mol. The van der Waals surface area contributed by atoms with Gasteiger partial charge in [-0.3, -0.25) is 4.79 Å². The van der Waals surface area contributed by atoms with Crippen LogP contribution in [-0.4, -0.2) is 54.8 Å². The molecule has 10 nitrogen and oxygen atoms in total. The Kier molecular flexibility index (Phi) is 9.88. The Morgan fingerprint density at radius 3 is 2.13 bits per heavy atom. The quantitative estimate of drug-likeness (QED) is 0.126. The Bertz CT molecular complexity index is 2050. The molecule has 1 N–H and O–H groups in total. The van der Waals surface area contributed by atoms with Crippen molar-refractivity contribution in [3.8, 4) is 11.4 Å². The van der Waals surface area contributed by atoms with E-state index in [1.54, 1.807) is 57.2 Å². The SMILES string of the molecule is CCOC(=O)c1c(C)n(-c2ccccc2)c2ccc(OC(=O)c3ccccc3NC(=O)c3ccc(S(=O)(=O)N(CC)CC)cc3)cc12. The zero-order chi connectivity index (χ0) is 33.7. The van der Waals surface area contributed by atoms with Crippen LogP contribution in [0, 0.1) is 6.92 Å². The number of fused-ring (bicyclic) bond motifs is 1. The predicted octanol–water partition coefficient (Wildman–Crippen LogP) is 6.62. The minimum absolute atomic E-state index is 0.0825. The number of nitrogens with one attached hydrogen (secondary N) is 1. The molecule has 1 amide bonds. The maximum Gasteiger partial charge on any atom is 0.345 e. The molecule has 0 bridgehead atoms. The van der Waals surface area contributed by atoms with Crippen LogP contribution in [0.1, 0.15) is 57.5 Å². The van der Waals surface area contributed by atoms with Gasteiger partial charge in [0.2, 0.25) is 10.0 Å². The second kappa shape index (κ2) is 14.0. The Morgan fingerprint density at radius 1 is 0.809 bits per heavy atom. The third kappa shape index (κ3) is 6.67. The van der Waals surface area contributed by atoms with Crippen LogP contribution in [0.4, 0.5) is 5.69 Å². The van der Waals surface area contributed by atoms with Crippen LogP contribution in [0.15, 0.2) is 102 Å². The molecule has 0 saturated carbocycles. The maximum absolute atomic E-state index is 13.4. The average Bonchev–Trinajstić information content (AvgIpc) is 3.36. The number of benzene rings is 4. The molecule has 5 aromatic rings. The first-order valence-electron chi connectivity index (χ1n) is 15.2. The summed E-state index contributed by atoms with van der Waals surface area (Å²) < 4.78 is 40.0. The number of carbonyl (C=O) groups excluding carboxylic acids is 3. The van der Waals surface area contributed by atoms with Crippen molar-refractivity contribution in [2.45, 2.75) is 32.6 Å². The van der Waals surface area contributed by atoms with Gasteiger partial charge < -0.3 is 19.4 Å². The smallest absolute Gasteiger partial charge is 0.345 e. The van der Waals surface area contributed by atoms with Gasteiger partial charge in [-0.15, -0.1) is 0 Å². The number of anilines is 1. The largest absolute Gasteiger partial charge is 0.462 e. The summed E-state index contributed by atoms with van der Waals surface area (Å²) in [5, 5.41) is 3.29. The Hall–Kier alpha value is -5.26. The zero-order valence-corrected chi connectivity index (χ0v) is 27.3. The molecule has 0 atom stereocenters. The Balaban J connectivity index is 1.41. The molecule has 0 spiro atoms. The van der Waals surface area contributed by atoms with Gasteiger partial charge in [0.15, 0.2) is 0 Å². The van der Waals surface area contributed by atoms with Gasteiger partial charge in [-0.25, -0.2) is 18.0 Å². The molecule has 0 radical (unpaired) electrons. The summed E-state index contributed by atoms with van der Waals surface area (Å²) in [7, 11) is -3.68. The topological polar surface area (TPSA) is 124 Å². The van der Waals surface area contributed by atoms with E-state index >= 15 is 0 Å². The fourth-order valence-corrected chi connectivity index (χ4v) is 6.91. The number of hydrogen-bond acceptors (Lipinski definition) is 7. The summed E-state index contributed by atoms with van der Waals surface area (Å²) >= 11 is 0. The summed E-state index contributed by atoms with van der Waals surface area (Å²) in [5.74, 6) is -1.54. The van der Waals surface area contributed by atoms with Gasteiger partial charge in [0.1, 0.15) is 5.75 Å². The molecule has 11 heteroatoms. The number of esters is 2. The van der Waals surface area contributed by atoms with Crippen LogP contribution in [0.3, 0.4) is 0 Å². The van der Waals surface area contributed by atoms with E-state index in [-0.39, 0.29) is 34.1 Å². The number of hydrogen-bond donors (Lipinski definition) is 1. The highest BCUT2D eigenvalue weighted by atomic mass is 32.2. The first-order chi connectivity index (χ1) is 22.6. The summed E-state index contributed by atoms with van der Waals surface area (Å²) in [4.78, 5) is 39.7. The summed E-state index contributed by atoms with van der Waals surface area (Å²) in [6.07, 6.45) is 0. The first-order valence-corrected chi connectivity index (χ1v) is 16.6. The molecular formula is C36H35N3O7S. The fraction of sp³-hybridized carbons (Fsp3) is 0.194. The highest BCUT2D eigenvalue weighted by molar-refractivity contribution is 7.89. The number of ether oxygens (including phenoxy) is 2. The molecule has 0 fully saturated rings. The van der Waals surface area contributed by atoms with E-state index in [4.69, 9.17) is 9.47 Å². The zero-order valence-electron chi connectivity index (χ0n) is 26.5. The number of sulfonamides is 1. The normalized spacial score (nSPS) is 11.4. The summed E-state index contributed by atoms with van der Waals surface area (Å²) in [6.45, 7) is 7.94. The average molecular weight is 654 g/mol. The molecule has 5 rings (SSSR count). The van der Waals surface area contributed by atoms with Gasteiger partial charge in [-0.1, -0.05) is 44.2 Å². The van der Waals surface area contributed by atoms with Crippen molar-refractivity contribution >= 4 is 44.5 Å². The van der Waals surface area contributed by atoms with E-state index in [0.717, 1.165) is 11.2 Å². The molecular weight excluding hydrogens is 618 g/mol. The van der Waals surface area contributed by atoms with Crippen molar-refractivity contribution in [2.75, 3.05) is 25.0 Å². The van der Waals surface area contributed by atoms with Crippen LogP contribution >= 0.6 is 0 Å². The van der Waals surface area contributed by atoms with Gasteiger partial charge in [-0.05, 0) is 80.6 Å². The lowest BCUT2D eigenvalue weighted by Gasteiger charge is -2.18. The molecule has 1 heterocycles. The third-order valence-electron chi connectivity index (χ3n) is 7.73. The predicted molar refractivity (Wildman–Crippen MR) is 180 cm³/mol. The molecule has 0 aliphatic heterocycles. The van der Waals surface area contributed by atoms with Crippen molar-refractivity contribution < 1.29 is 32.3 Å². The molecule has 0 aliphatic rings. The summed E-state index contributed by atoms with van der Waals surface area (Å²) in [6, 6.07) is 26.7. The number of nitrogens with zero attached hydrogens (tertiary/aromatic N) is 2. The Morgan fingerprint density at radius 2 is 1.47 bits per heavy atom. The third-order valence-corrected chi connectivity index (χ3v) is 9.80. The number of carbonyl (C=O) groups is 3. The van der Waals surface area contributed by atoms with Crippen LogP contribution < -0.4 is 10.1 Å². The van der Waals surface area contributed by atoms with Crippen LogP contribution in [0.5, 0.6) is 5.75 Å². The standard InChI is InChI=1S/C36H35N3O7S/c1-5-38(6-2)47(43,44)28-20-17-25(18-21-28)34(40)37-31-16-12-11-15-29(31)35(41)46-27-19-22-32-30(23-27)33(36(42)45-7-3)24(4)39(32)26-13-9-8-10-14-26/h8-23H,5-7H2,1-4H3,(H,37,40). The molecule has 4 aromatic carbocycles. The van der Waals surface area contributed by atoms with Gasteiger partial charge in [0.05, 0.1) is 33.8 Å². The lowest BCUT2D eigenvalue weighted by molar-refractivity contribution is 0.0527. The van der Waals surface area contributed by atoms with Gasteiger partial charge in [-0.2, -0.15) is 4.31 Å². The molecule has 0 saturated heterocycles. The second-order valence-corrected chi connectivity index (χ2v) is 12.5. The Labute approximate surface area is 273 Å². The van der Waals surface area contributed by atoms with Crippen LogP contribution in [0.25, 0.3) is 16.6 Å². The molecule has 1 aromatic heterocycles. The van der Waals surface area contributed by atoms with Gasteiger partial charge in [0, 0.05) is 35.4 Å². The number of para-hydroxylation sites is 2. The van der Waals surface area contributed by atoms with E-state index < -0.39 is 27.9 Å². The molecule has 0 unspecified atom stereocenters. The lowest BCUT2D eigenvalue weighted by atomic mass is 10.1. The lowest BCUT2D eigenvalue weighted by Crippen LogP contribution is -2.30. The van der Waals surface area contributed by atoms with Crippen LogP contribution in [0.2, 0.25) is 0 Å². The highest BCUT2D eigenvalue weighted by Gasteiger charge is 2.24. The molecule has 0 aliphatic carbocycles. The maximum atomic E-state index is 13.4. The van der Waals surface area contributed by atoms with Crippen LogP contribution in [-0.2, 0) is 14.8 Å². The summed E-state index contributed by atoms with van der Waals surface area (Å²) in [5.41, 5.74) is 3.17. The van der Waals surface area contributed by atoms with Gasteiger partial charge >= 0.3 is 11.9 Å².